The molecule has 0 aromatic carbocycles. The lowest BCUT2D eigenvalue weighted by Gasteiger charge is -2.00. The Morgan fingerprint density at radius 2 is 2.35 bits per heavy atom. The lowest BCUT2D eigenvalue weighted by Crippen LogP contribution is -2.06. The highest BCUT2D eigenvalue weighted by atomic mass is 32.2. The predicted octanol–water partition coefficient (Wildman–Crippen LogP) is -0.266. The van der Waals surface area contributed by atoms with E-state index in [9.17, 15) is 0 Å². The number of aryl methyl sites for hydroxylation is 2. The number of rotatable bonds is 6. The summed E-state index contributed by atoms with van der Waals surface area (Å²) >= 11 is 1.58. The Kier molecular flexibility index (Phi) is 4.10. The molecule has 0 amide bonds. The maximum atomic E-state index is 8.83. The summed E-state index contributed by atoms with van der Waals surface area (Å²) in [5, 5.41) is 25.0. The molecule has 2 heterocycles. The van der Waals surface area contributed by atoms with Gasteiger partial charge in [-0.05, 0) is 22.4 Å². The van der Waals surface area contributed by atoms with Gasteiger partial charge in [0, 0.05) is 19.0 Å². The van der Waals surface area contributed by atoms with Gasteiger partial charge in [0.15, 0.2) is 0 Å². The Balaban J connectivity index is 1.83. The van der Waals surface area contributed by atoms with Crippen molar-refractivity contribution in [2.24, 2.45) is 7.05 Å². The zero-order valence-electron chi connectivity index (χ0n) is 9.52. The largest absolute Gasteiger partial charge is 0.394 e. The number of aromatic nitrogens is 6. The number of thioether (sulfide) groups is 1. The second kappa shape index (κ2) is 5.78. The molecule has 2 aromatic rings. The molecule has 8 heteroatoms. The number of aliphatic hydroxyl groups excluding tert-OH is 1. The fourth-order valence-electron chi connectivity index (χ4n) is 1.40. The average Bonchev–Trinajstić information content (AvgIpc) is 2.90. The monoisotopic (exact) mass is 254 g/mol. The third-order valence-corrected chi connectivity index (χ3v) is 3.15. The quantitative estimate of drug-likeness (QED) is 0.715. The van der Waals surface area contributed by atoms with E-state index in [0.29, 0.717) is 6.54 Å². The molecule has 0 aliphatic heterocycles. The Morgan fingerprint density at radius 3 is 3.06 bits per heavy atom. The first-order chi connectivity index (χ1) is 8.29. The minimum absolute atomic E-state index is 0.0429. The van der Waals surface area contributed by atoms with Crippen LogP contribution in [0.15, 0.2) is 17.6 Å². The smallest absolute Gasteiger partial charge is 0.209 e. The Morgan fingerprint density at radius 1 is 1.47 bits per heavy atom. The summed E-state index contributed by atoms with van der Waals surface area (Å²) in [7, 11) is 1.90. The van der Waals surface area contributed by atoms with Gasteiger partial charge in [0.1, 0.15) is 0 Å². The van der Waals surface area contributed by atoms with E-state index >= 15 is 0 Å². The molecule has 0 fully saturated rings. The summed E-state index contributed by atoms with van der Waals surface area (Å²) in [5.74, 6) is 0.886. The molecule has 2 aromatic heterocycles. The highest BCUT2D eigenvalue weighted by Gasteiger charge is 2.06. The molecule has 7 nitrogen and oxygen atoms in total. The van der Waals surface area contributed by atoms with Crippen LogP contribution in [0.2, 0.25) is 0 Å². The first-order valence-electron chi connectivity index (χ1n) is 5.27. The average molecular weight is 254 g/mol. The van der Waals surface area contributed by atoms with Gasteiger partial charge < -0.3 is 5.11 Å². The summed E-state index contributed by atoms with van der Waals surface area (Å²) in [4.78, 5) is 0. The minimum Gasteiger partial charge on any atom is -0.394 e. The Bertz CT molecular complexity index is 468. The molecular formula is C9H14N6OS. The second-order valence-electron chi connectivity index (χ2n) is 3.53. The fraction of sp³-hybridized carbons (Fsp3) is 0.556. The van der Waals surface area contributed by atoms with E-state index in [-0.39, 0.29) is 6.61 Å². The van der Waals surface area contributed by atoms with Crippen LogP contribution in [0, 0.1) is 0 Å². The first kappa shape index (κ1) is 12.1. The van der Waals surface area contributed by atoms with Gasteiger partial charge in [-0.15, -0.1) is 5.10 Å². The van der Waals surface area contributed by atoms with E-state index in [0.717, 1.165) is 17.3 Å². The molecule has 0 atom stereocenters. The van der Waals surface area contributed by atoms with E-state index in [2.05, 4.69) is 20.6 Å². The third kappa shape index (κ3) is 3.27. The van der Waals surface area contributed by atoms with Crippen molar-refractivity contribution in [2.45, 2.75) is 18.1 Å². The number of hydrogen-bond acceptors (Lipinski definition) is 6. The summed E-state index contributed by atoms with van der Waals surface area (Å²) in [6, 6.07) is 0. The molecule has 0 saturated heterocycles. The summed E-state index contributed by atoms with van der Waals surface area (Å²) < 4.78 is 3.39. The molecule has 1 N–H and O–H groups in total. The maximum absolute atomic E-state index is 8.83. The van der Waals surface area contributed by atoms with E-state index in [1.165, 1.54) is 5.56 Å². The lowest BCUT2D eigenvalue weighted by molar-refractivity contribution is 0.262. The van der Waals surface area contributed by atoms with Crippen LogP contribution in [0.4, 0.5) is 0 Å². The summed E-state index contributed by atoms with van der Waals surface area (Å²) in [6.45, 7) is 0.476. The summed E-state index contributed by atoms with van der Waals surface area (Å²) in [6.07, 6.45) is 4.78. The van der Waals surface area contributed by atoms with Crippen molar-refractivity contribution in [3.8, 4) is 0 Å². The molecule has 0 saturated carbocycles. The van der Waals surface area contributed by atoms with Crippen LogP contribution in [0.1, 0.15) is 5.56 Å². The number of tetrazole rings is 1. The molecule has 92 valence electrons. The van der Waals surface area contributed by atoms with Gasteiger partial charge in [-0.2, -0.15) is 5.10 Å². The highest BCUT2D eigenvalue weighted by Crippen LogP contribution is 2.15. The lowest BCUT2D eigenvalue weighted by atomic mass is 10.3. The molecule has 0 aliphatic carbocycles. The zero-order chi connectivity index (χ0) is 12.1. The van der Waals surface area contributed by atoms with Gasteiger partial charge in [-0.25, -0.2) is 4.68 Å². The highest BCUT2D eigenvalue weighted by molar-refractivity contribution is 7.99. The molecule has 2 rings (SSSR count). The van der Waals surface area contributed by atoms with Gasteiger partial charge in [-0.1, -0.05) is 11.8 Å². The molecule has 0 radical (unpaired) electrons. The molecule has 17 heavy (non-hydrogen) atoms. The maximum Gasteiger partial charge on any atom is 0.209 e. The molecule has 0 unspecified atom stereocenters. The zero-order valence-corrected chi connectivity index (χ0v) is 10.3. The van der Waals surface area contributed by atoms with Gasteiger partial charge in [0.05, 0.1) is 19.3 Å². The van der Waals surface area contributed by atoms with Crippen LogP contribution in [0.25, 0.3) is 0 Å². The van der Waals surface area contributed by atoms with Crippen LogP contribution in [-0.4, -0.2) is 47.5 Å². The van der Waals surface area contributed by atoms with Crippen molar-refractivity contribution in [3.63, 3.8) is 0 Å². The Labute approximate surface area is 103 Å². The van der Waals surface area contributed by atoms with Crippen LogP contribution < -0.4 is 0 Å². The first-order valence-corrected chi connectivity index (χ1v) is 6.25. The SMILES string of the molecule is Cn1cc(CCSc2nnnn2CCO)cn1. The van der Waals surface area contributed by atoms with Crippen LogP contribution in [-0.2, 0) is 20.0 Å². The number of hydrogen-bond donors (Lipinski definition) is 1. The van der Waals surface area contributed by atoms with Crippen LogP contribution in [0.5, 0.6) is 0 Å². The van der Waals surface area contributed by atoms with Crippen molar-refractivity contribution in [3.05, 3.63) is 18.0 Å². The van der Waals surface area contributed by atoms with E-state index in [4.69, 9.17) is 5.11 Å². The standard InChI is InChI=1S/C9H14N6OS/c1-14-7-8(6-10-14)2-5-17-9-11-12-13-15(9)3-4-16/h6-7,16H,2-5H2,1H3. The topological polar surface area (TPSA) is 81.7 Å². The molecule has 0 aliphatic rings. The van der Waals surface area contributed by atoms with Crippen molar-refractivity contribution >= 4 is 11.8 Å². The molecule has 0 spiro atoms. The normalized spacial score (nSPS) is 10.9. The summed E-state index contributed by atoms with van der Waals surface area (Å²) in [5.41, 5.74) is 1.20. The van der Waals surface area contributed by atoms with Crippen LogP contribution in [0.3, 0.4) is 0 Å². The van der Waals surface area contributed by atoms with Gasteiger partial charge in [-0.3, -0.25) is 4.68 Å². The number of aliphatic hydroxyl groups is 1. The second-order valence-corrected chi connectivity index (χ2v) is 4.59. The van der Waals surface area contributed by atoms with Crippen LogP contribution >= 0.6 is 11.8 Å². The fourth-order valence-corrected chi connectivity index (χ4v) is 2.29. The van der Waals surface area contributed by atoms with Crippen molar-refractivity contribution < 1.29 is 5.11 Å². The number of nitrogens with zero attached hydrogens (tertiary/aromatic N) is 6. The minimum atomic E-state index is 0.0429. The van der Waals surface area contributed by atoms with E-state index < -0.39 is 0 Å². The van der Waals surface area contributed by atoms with Gasteiger partial charge in [0.25, 0.3) is 0 Å². The van der Waals surface area contributed by atoms with Crippen molar-refractivity contribution in [1.82, 2.24) is 30.0 Å². The van der Waals surface area contributed by atoms with Gasteiger partial charge >= 0.3 is 0 Å². The van der Waals surface area contributed by atoms with Crippen molar-refractivity contribution in [2.75, 3.05) is 12.4 Å². The predicted molar refractivity (Wildman–Crippen MR) is 62.5 cm³/mol. The van der Waals surface area contributed by atoms with Crippen molar-refractivity contribution in [1.29, 1.82) is 0 Å². The van der Waals surface area contributed by atoms with E-state index in [1.807, 2.05) is 19.4 Å². The molecule has 0 bridgehead atoms. The Hall–Kier alpha value is -1.41. The molecular weight excluding hydrogens is 240 g/mol. The van der Waals surface area contributed by atoms with Gasteiger partial charge in [0.2, 0.25) is 5.16 Å². The third-order valence-electron chi connectivity index (χ3n) is 2.19. The van der Waals surface area contributed by atoms with E-state index in [1.54, 1.807) is 21.1 Å².